The largest absolute Gasteiger partial charge is 0.395 e. The minimum Gasteiger partial charge on any atom is -0.395 e. The quantitative estimate of drug-likeness (QED) is 0.757. The van der Waals surface area contributed by atoms with E-state index in [2.05, 4.69) is 24.4 Å². The van der Waals surface area contributed by atoms with E-state index in [4.69, 9.17) is 4.74 Å². The average molecular weight is 237 g/mol. The summed E-state index contributed by atoms with van der Waals surface area (Å²) in [5, 5.41) is 12.8. The second kappa shape index (κ2) is 7.43. The molecule has 3 nitrogen and oxygen atoms in total. The van der Waals surface area contributed by atoms with Crippen LogP contribution in [0.25, 0.3) is 0 Å². The molecule has 0 amide bonds. The van der Waals surface area contributed by atoms with Gasteiger partial charge in [0.15, 0.2) is 0 Å². The van der Waals surface area contributed by atoms with Gasteiger partial charge >= 0.3 is 0 Å². The van der Waals surface area contributed by atoms with Crippen LogP contribution in [0.3, 0.4) is 0 Å². The molecule has 3 atom stereocenters. The zero-order valence-corrected chi connectivity index (χ0v) is 10.9. The first-order valence-corrected chi connectivity index (χ1v) is 6.11. The Bertz CT molecular complexity index is 302. The van der Waals surface area contributed by atoms with Crippen LogP contribution in [0.4, 0.5) is 0 Å². The van der Waals surface area contributed by atoms with E-state index in [1.165, 1.54) is 5.56 Å². The maximum absolute atomic E-state index is 9.39. The van der Waals surface area contributed by atoms with E-state index in [-0.39, 0.29) is 24.8 Å². The van der Waals surface area contributed by atoms with Gasteiger partial charge in [-0.2, -0.15) is 0 Å². The third kappa shape index (κ3) is 4.86. The number of ether oxygens (including phenoxy) is 1. The SMILES string of the molecule is COC(C)C(C)N[C@@H](CO)Cc1ccccc1. The number of methoxy groups -OCH3 is 1. The molecule has 2 N–H and O–H groups in total. The Hall–Kier alpha value is -0.900. The molecule has 1 rings (SSSR count). The van der Waals surface area contributed by atoms with Gasteiger partial charge in [0.25, 0.3) is 0 Å². The van der Waals surface area contributed by atoms with Gasteiger partial charge < -0.3 is 15.2 Å². The van der Waals surface area contributed by atoms with Crippen molar-refractivity contribution in [2.24, 2.45) is 0 Å². The zero-order chi connectivity index (χ0) is 12.7. The Balaban J connectivity index is 2.49. The van der Waals surface area contributed by atoms with Crippen molar-refractivity contribution < 1.29 is 9.84 Å². The molecular formula is C14H23NO2. The van der Waals surface area contributed by atoms with Gasteiger partial charge in [0.2, 0.25) is 0 Å². The van der Waals surface area contributed by atoms with Crippen molar-refractivity contribution in [2.75, 3.05) is 13.7 Å². The number of benzene rings is 1. The fraction of sp³-hybridized carbons (Fsp3) is 0.571. The second-order valence-electron chi connectivity index (χ2n) is 4.47. The van der Waals surface area contributed by atoms with Gasteiger partial charge in [0.05, 0.1) is 12.7 Å². The third-order valence-electron chi connectivity index (χ3n) is 3.12. The summed E-state index contributed by atoms with van der Waals surface area (Å²) in [6.45, 7) is 4.23. The third-order valence-corrected chi connectivity index (χ3v) is 3.12. The minimum atomic E-state index is 0.0741. The molecule has 0 radical (unpaired) electrons. The van der Waals surface area contributed by atoms with Crippen LogP contribution in [0.15, 0.2) is 30.3 Å². The second-order valence-corrected chi connectivity index (χ2v) is 4.47. The van der Waals surface area contributed by atoms with E-state index < -0.39 is 0 Å². The Morgan fingerprint density at radius 3 is 2.41 bits per heavy atom. The molecule has 1 aromatic rings. The lowest BCUT2D eigenvalue weighted by Crippen LogP contribution is -2.45. The maximum atomic E-state index is 9.39. The lowest BCUT2D eigenvalue weighted by atomic mass is 10.0. The first kappa shape index (κ1) is 14.2. The summed E-state index contributed by atoms with van der Waals surface area (Å²) in [6, 6.07) is 10.5. The first-order chi connectivity index (χ1) is 8.17. The standard InChI is InChI=1S/C14H23NO2/c1-11(12(2)17-3)15-14(10-16)9-13-7-5-4-6-8-13/h4-8,11-12,14-16H,9-10H2,1-3H3/t11?,12?,14-/m1/s1. The van der Waals surface area contributed by atoms with Gasteiger partial charge in [-0.1, -0.05) is 30.3 Å². The number of aliphatic hydroxyl groups is 1. The fourth-order valence-corrected chi connectivity index (χ4v) is 1.79. The smallest absolute Gasteiger partial charge is 0.0693 e. The van der Waals surface area contributed by atoms with Crippen LogP contribution in [-0.2, 0) is 11.2 Å². The summed E-state index contributed by atoms with van der Waals surface area (Å²) in [7, 11) is 1.70. The molecule has 17 heavy (non-hydrogen) atoms. The maximum Gasteiger partial charge on any atom is 0.0693 e. The molecule has 0 aliphatic carbocycles. The van der Waals surface area contributed by atoms with Gasteiger partial charge in [0, 0.05) is 19.2 Å². The molecule has 96 valence electrons. The van der Waals surface area contributed by atoms with Crippen LogP contribution < -0.4 is 5.32 Å². The molecule has 0 saturated carbocycles. The number of hydrogen-bond donors (Lipinski definition) is 2. The molecule has 1 aromatic carbocycles. The summed E-state index contributed by atoms with van der Waals surface area (Å²) in [5.41, 5.74) is 1.23. The number of nitrogens with one attached hydrogen (secondary N) is 1. The van der Waals surface area contributed by atoms with Gasteiger partial charge in [-0.05, 0) is 25.8 Å². The van der Waals surface area contributed by atoms with Crippen molar-refractivity contribution in [2.45, 2.75) is 38.5 Å². The van der Waals surface area contributed by atoms with E-state index in [0.717, 1.165) is 6.42 Å². The van der Waals surface area contributed by atoms with Gasteiger partial charge in [-0.15, -0.1) is 0 Å². The van der Waals surface area contributed by atoms with Crippen molar-refractivity contribution in [3.05, 3.63) is 35.9 Å². The Morgan fingerprint density at radius 1 is 1.24 bits per heavy atom. The molecular weight excluding hydrogens is 214 g/mol. The Kier molecular flexibility index (Phi) is 6.19. The topological polar surface area (TPSA) is 41.5 Å². The van der Waals surface area contributed by atoms with Crippen LogP contribution in [0.1, 0.15) is 19.4 Å². The minimum absolute atomic E-state index is 0.0741. The number of hydrogen-bond acceptors (Lipinski definition) is 3. The van der Waals surface area contributed by atoms with E-state index >= 15 is 0 Å². The molecule has 0 fully saturated rings. The van der Waals surface area contributed by atoms with E-state index in [1.807, 2.05) is 25.1 Å². The summed E-state index contributed by atoms with van der Waals surface area (Å²) in [4.78, 5) is 0. The van der Waals surface area contributed by atoms with E-state index in [0.29, 0.717) is 0 Å². The first-order valence-electron chi connectivity index (χ1n) is 6.11. The Labute approximate surface area is 104 Å². The fourth-order valence-electron chi connectivity index (χ4n) is 1.79. The summed E-state index contributed by atoms with van der Waals surface area (Å²) in [5.74, 6) is 0. The van der Waals surface area contributed by atoms with Crippen LogP contribution in [0.5, 0.6) is 0 Å². The monoisotopic (exact) mass is 237 g/mol. The lowest BCUT2D eigenvalue weighted by molar-refractivity contribution is 0.0797. The highest BCUT2D eigenvalue weighted by Crippen LogP contribution is 2.05. The van der Waals surface area contributed by atoms with Crippen molar-refractivity contribution in [3.63, 3.8) is 0 Å². The lowest BCUT2D eigenvalue weighted by Gasteiger charge is -2.25. The molecule has 0 bridgehead atoms. The molecule has 3 heteroatoms. The summed E-state index contributed by atoms with van der Waals surface area (Å²) >= 11 is 0. The molecule has 0 aliphatic rings. The molecule has 2 unspecified atom stereocenters. The summed E-state index contributed by atoms with van der Waals surface area (Å²) in [6.07, 6.45) is 0.970. The van der Waals surface area contributed by atoms with Crippen LogP contribution in [0, 0.1) is 0 Å². The van der Waals surface area contributed by atoms with Gasteiger partial charge in [-0.25, -0.2) is 0 Å². The van der Waals surface area contributed by atoms with Crippen molar-refractivity contribution in [3.8, 4) is 0 Å². The highest BCUT2D eigenvalue weighted by Gasteiger charge is 2.16. The van der Waals surface area contributed by atoms with E-state index in [9.17, 15) is 5.11 Å². The zero-order valence-electron chi connectivity index (χ0n) is 10.9. The van der Waals surface area contributed by atoms with Crippen LogP contribution >= 0.6 is 0 Å². The molecule has 0 spiro atoms. The Morgan fingerprint density at radius 2 is 1.88 bits per heavy atom. The predicted octanol–water partition coefficient (Wildman–Crippen LogP) is 1.60. The predicted molar refractivity (Wildman–Crippen MR) is 70.1 cm³/mol. The normalized spacial score (nSPS) is 16.5. The van der Waals surface area contributed by atoms with Gasteiger partial charge in [-0.3, -0.25) is 0 Å². The number of aliphatic hydroxyl groups excluding tert-OH is 1. The van der Waals surface area contributed by atoms with Crippen LogP contribution in [-0.4, -0.2) is 37.0 Å². The molecule has 0 heterocycles. The number of rotatable bonds is 7. The van der Waals surface area contributed by atoms with Crippen molar-refractivity contribution in [1.29, 1.82) is 0 Å². The molecule has 0 aromatic heterocycles. The highest BCUT2D eigenvalue weighted by molar-refractivity contribution is 5.15. The highest BCUT2D eigenvalue weighted by atomic mass is 16.5. The molecule has 0 saturated heterocycles. The van der Waals surface area contributed by atoms with Crippen LogP contribution in [0.2, 0.25) is 0 Å². The summed E-state index contributed by atoms with van der Waals surface area (Å²) < 4.78 is 5.26. The van der Waals surface area contributed by atoms with Crippen molar-refractivity contribution >= 4 is 0 Å². The average Bonchev–Trinajstić information content (AvgIpc) is 2.38. The molecule has 0 aliphatic heterocycles. The van der Waals surface area contributed by atoms with E-state index in [1.54, 1.807) is 7.11 Å². The van der Waals surface area contributed by atoms with Gasteiger partial charge in [0.1, 0.15) is 0 Å². The van der Waals surface area contributed by atoms with Crippen molar-refractivity contribution in [1.82, 2.24) is 5.32 Å².